The number of aromatic carboxylic acids is 1. The summed E-state index contributed by atoms with van der Waals surface area (Å²) in [7, 11) is 0. The van der Waals surface area contributed by atoms with Gasteiger partial charge in [-0.1, -0.05) is 0 Å². The van der Waals surface area contributed by atoms with Crippen LogP contribution in [0.25, 0.3) is 11.0 Å². The molecule has 0 saturated carbocycles. The number of carbonyl (C=O) groups is 3. The molecule has 3 rings (SSSR count). The van der Waals surface area contributed by atoms with Gasteiger partial charge in [0.25, 0.3) is 0 Å². The second-order valence-electron chi connectivity index (χ2n) is 4.71. The van der Waals surface area contributed by atoms with E-state index in [0.29, 0.717) is 23.0 Å². The third kappa shape index (κ3) is 1.95. The van der Waals surface area contributed by atoms with Gasteiger partial charge in [-0.3, -0.25) is 14.9 Å². The molecule has 0 bridgehead atoms. The van der Waals surface area contributed by atoms with Gasteiger partial charge in [0.2, 0.25) is 11.8 Å². The van der Waals surface area contributed by atoms with Crippen LogP contribution in [0.3, 0.4) is 0 Å². The number of rotatable bonds is 2. The number of nitrogens with one attached hydrogen (secondary N) is 1. The summed E-state index contributed by atoms with van der Waals surface area (Å²) in [6, 6.07) is 4.50. The number of fused-ring (bicyclic) bond motifs is 1. The van der Waals surface area contributed by atoms with E-state index in [1.165, 1.54) is 18.4 Å². The molecule has 2 amide bonds. The largest absolute Gasteiger partial charge is 0.478 e. The van der Waals surface area contributed by atoms with Crippen molar-refractivity contribution in [3.05, 3.63) is 35.6 Å². The lowest BCUT2D eigenvalue weighted by atomic mass is 9.90. The Bertz CT molecular complexity index is 730. The zero-order chi connectivity index (χ0) is 14.3. The molecule has 2 N–H and O–H groups in total. The molecule has 1 atom stereocenters. The first-order chi connectivity index (χ1) is 9.56. The van der Waals surface area contributed by atoms with Gasteiger partial charge in [-0.15, -0.1) is 0 Å². The van der Waals surface area contributed by atoms with E-state index in [9.17, 15) is 14.4 Å². The van der Waals surface area contributed by atoms with Crippen LogP contribution in [0.5, 0.6) is 0 Å². The summed E-state index contributed by atoms with van der Waals surface area (Å²) >= 11 is 0. The van der Waals surface area contributed by atoms with Crippen molar-refractivity contribution in [3.8, 4) is 0 Å². The Morgan fingerprint density at radius 2 is 2.15 bits per heavy atom. The van der Waals surface area contributed by atoms with Crippen LogP contribution in [0.2, 0.25) is 0 Å². The van der Waals surface area contributed by atoms with Gasteiger partial charge in [0.05, 0.1) is 17.7 Å². The van der Waals surface area contributed by atoms with Crippen LogP contribution in [0.1, 0.15) is 34.7 Å². The smallest absolute Gasteiger partial charge is 0.335 e. The first-order valence-corrected chi connectivity index (χ1v) is 6.14. The molecular weight excluding hydrogens is 262 g/mol. The van der Waals surface area contributed by atoms with Crippen LogP contribution in [0.4, 0.5) is 0 Å². The van der Waals surface area contributed by atoms with E-state index in [-0.39, 0.29) is 23.8 Å². The normalized spacial score (nSPS) is 19.1. The Hall–Kier alpha value is -2.63. The lowest BCUT2D eigenvalue weighted by Crippen LogP contribution is -2.39. The number of carboxylic acid groups (broad SMARTS) is 1. The van der Waals surface area contributed by atoms with Gasteiger partial charge in [-0.2, -0.15) is 0 Å². The SMILES string of the molecule is O=C1CCC(c2coc3ccc(C(=O)O)cc23)C(=O)N1. The van der Waals surface area contributed by atoms with E-state index in [1.807, 2.05) is 0 Å². The Morgan fingerprint density at radius 1 is 1.35 bits per heavy atom. The predicted molar refractivity (Wildman–Crippen MR) is 68.3 cm³/mol. The van der Waals surface area contributed by atoms with Gasteiger partial charge in [-0.25, -0.2) is 4.79 Å². The molecule has 1 aromatic heterocycles. The highest BCUT2D eigenvalue weighted by atomic mass is 16.4. The highest BCUT2D eigenvalue weighted by Crippen LogP contribution is 2.32. The number of imide groups is 1. The standard InChI is InChI=1S/C14H11NO5/c16-12-4-2-8(13(17)15-12)10-6-20-11-3-1-7(14(18)19)5-9(10)11/h1,3,5-6,8H,2,4H2,(H,18,19)(H,15,16,17). The molecule has 0 aliphatic carbocycles. The van der Waals surface area contributed by atoms with E-state index in [0.717, 1.165) is 0 Å². The van der Waals surface area contributed by atoms with Crippen molar-refractivity contribution < 1.29 is 23.9 Å². The molecular formula is C14H11NO5. The van der Waals surface area contributed by atoms with Crippen LogP contribution in [-0.4, -0.2) is 22.9 Å². The summed E-state index contributed by atoms with van der Waals surface area (Å²) in [5.41, 5.74) is 1.27. The second kappa shape index (κ2) is 4.48. The Balaban J connectivity index is 2.07. The van der Waals surface area contributed by atoms with Gasteiger partial charge in [0, 0.05) is 17.4 Å². The topological polar surface area (TPSA) is 96.6 Å². The number of carboxylic acids is 1. The summed E-state index contributed by atoms with van der Waals surface area (Å²) in [6.45, 7) is 0. The summed E-state index contributed by atoms with van der Waals surface area (Å²) in [4.78, 5) is 34.0. The maximum atomic E-state index is 11.9. The number of hydrogen-bond acceptors (Lipinski definition) is 4. The molecule has 1 aliphatic rings. The molecule has 0 radical (unpaired) electrons. The highest BCUT2D eigenvalue weighted by molar-refractivity contribution is 6.03. The van der Waals surface area contributed by atoms with Crippen molar-refractivity contribution in [2.45, 2.75) is 18.8 Å². The van der Waals surface area contributed by atoms with Crippen LogP contribution in [0, 0.1) is 0 Å². The minimum Gasteiger partial charge on any atom is -0.478 e. The van der Waals surface area contributed by atoms with E-state index >= 15 is 0 Å². The fourth-order valence-corrected chi connectivity index (χ4v) is 2.44. The number of carbonyl (C=O) groups excluding carboxylic acids is 2. The quantitative estimate of drug-likeness (QED) is 0.811. The molecule has 0 spiro atoms. The van der Waals surface area contributed by atoms with Gasteiger partial charge in [-0.05, 0) is 24.6 Å². The summed E-state index contributed by atoms with van der Waals surface area (Å²) < 4.78 is 5.35. The van der Waals surface area contributed by atoms with Gasteiger partial charge >= 0.3 is 5.97 Å². The Morgan fingerprint density at radius 3 is 2.85 bits per heavy atom. The Kier molecular flexibility index (Phi) is 2.78. The molecule has 1 unspecified atom stereocenters. The van der Waals surface area contributed by atoms with Crippen molar-refractivity contribution in [1.82, 2.24) is 5.32 Å². The molecule has 1 fully saturated rings. The number of hydrogen-bond donors (Lipinski definition) is 2. The third-order valence-electron chi connectivity index (χ3n) is 3.46. The van der Waals surface area contributed by atoms with Crippen molar-refractivity contribution in [2.75, 3.05) is 0 Å². The molecule has 6 heteroatoms. The molecule has 1 aliphatic heterocycles. The van der Waals surface area contributed by atoms with Crippen LogP contribution < -0.4 is 5.32 Å². The fourth-order valence-electron chi connectivity index (χ4n) is 2.44. The molecule has 102 valence electrons. The van der Waals surface area contributed by atoms with E-state index < -0.39 is 11.9 Å². The average molecular weight is 273 g/mol. The molecule has 20 heavy (non-hydrogen) atoms. The molecule has 1 aromatic carbocycles. The first kappa shape index (κ1) is 12.4. The highest BCUT2D eigenvalue weighted by Gasteiger charge is 2.30. The van der Waals surface area contributed by atoms with Gasteiger partial charge in [0.15, 0.2) is 0 Å². The monoisotopic (exact) mass is 273 g/mol. The van der Waals surface area contributed by atoms with Crippen molar-refractivity contribution in [1.29, 1.82) is 0 Å². The van der Waals surface area contributed by atoms with Crippen LogP contribution >= 0.6 is 0 Å². The summed E-state index contributed by atoms with van der Waals surface area (Å²) in [5, 5.41) is 11.9. The lowest BCUT2D eigenvalue weighted by molar-refractivity contribution is -0.134. The minimum atomic E-state index is -1.04. The zero-order valence-corrected chi connectivity index (χ0v) is 10.4. The summed E-state index contributed by atoms with van der Waals surface area (Å²) in [5.74, 6) is -2.18. The minimum absolute atomic E-state index is 0.132. The predicted octanol–water partition coefficient (Wildman–Crippen LogP) is 1.65. The average Bonchev–Trinajstić information content (AvgIpc) is 2.81. The third-order valence-corrected chi connectivity index (χ3v) is 3.46. The van der Waals surface area contributed by atoms with E-state index in [2.05, 4.69) is 5.32 Å². The van der Waals surface area contributed by atoms with Crippen molar-refractivity contribution in [3.63, 3.8) is 0 Å². The van der Waals surface area contributed by atoms with Crippen LogP contribution in [-0.2, 0) is 9.59 Å². The van der Waals surface area contributed by atoms with Gasteiger partial charge < -0.3 is 9.52 Å². The Labute approximate surface area is 113 Å². The number of benzene rings is 1. The molecule has 2 heterocycles. The second-order valence-corrected chi connectivity index (χ2v) is 4.71. The maximum absolute atomic E-state index is 11.9. The zero-order valence-electron chi connectivity index (χ0n) is 10.4. The number of furan rings is 1. The van der Waals surface area contributed by atoms with Crippen molar-refractivity contribution in [2.24, 2.45) is 0 Å². The molecule has 1 saturated heterocycles. The number of amides is 2. The van der Waals surface area contributed by atoms with E-state index in [1.54, 1.807) is 6.07 Å². The van der Waals surface area contributed by atoms with E-state index in [4.69, 9.17) is 9.52 Å². The van der Waals surface area contributed by atoms with Gasteiger partial charge in [0.1, 0.15) is 5.58 Å². The molecule has 2 aromatic rings. The van der Waals surface area contributed by atoms with Crippen molar-refractivity contribution >= 4 is 28.8 Å². The molecule has 6 nitrogen and oxygen atoms in total. The maximum Gasteiger partial charge on any atom is 0.335 e. The fraction of sp³-hybridized carbons (Fsp3) is 0.214. The van der Waals surface area contributed by atoms with Crippen LogP contribution in [0.15, 0.2) is 28.9 Å². The summed E-state index contributed by atoms with van der Waals surface area (Å²) in [6.07, 6.45) is 2.12. The lowest BCUT2D eigenvalue weighted by Gasteiger charge is -2.19. The first-order valence-electron chi connectivity index (χ1n) is 6.14. The number of piperidine rings is 1.